The zero-order valence-corrected chi connectivity index (χ0v) is 15.1. The number of halogens is 1. The number of fused-ring (bicyclic) bond motifs is 1. The number of anilines is 1. The Hall–Kier alpha value is -1.99. The molecule has 1 amide bonds. The topological polar surface area (TPSA) is 66.9 Å². The zero-order valence-electron chi connectivity index (χ0n) is 12.7. The highest BCUT2D eigenvalue weighted by Crippen LogP contribution is 2.35. The SMILES string of the molecule is O=C1CC[C@@H](Nc2ncnc3scc(Br)c23)[C@H](c2ccccc2)N1. The molecule has 0 bridgehead atoms. The summed E-state index contributed by atoms with van der Waals surface area (Å²) >= 11 is 5.15. The van der Waals surface area contributed by atoms with Crippen molar-refractivity contribution in [1.82, 2.24) is 15.3 Å². The molecule has 1 aliphatic heterocycles. The monoisotopic (exact) mass is 402 g/mol. The highest BCUT2D eigenvalue weighted by atomic mass is 79.9. The number of hydrogen-bond donors (Lipinski definition) is 2. The fraction of sp³-hybridized carbons (Fsp3) is 0.235. The van der Waals surface area contributed by atoms with Gasteiger partial charge in [-0.05, 0) is 27.9 Å². The number of nitrogens with zero attached hydrogens (tertiary/aromatic N) is 2. The van der Waals surface area contributed by atoms with Crippen molar-refractivity contribution < 1.29 is 4.79 Å². The molecule has 24 heavy (non-hydrogen) atoms. The number of hydrogen-bond acceptors (Lipinski definition) is 5. The zero-order chi connectivity index (χ0) is 16.5. The van der Waals surface area contributed by atoms with Gasteiger partial charge in [-0.3, -0.25) is 4.79 Å². The van der Waals surface area contributed by atoms with Gasteiger partial charge < -0.3 is 10.6 Å². The van der Waals surface area contributed by atoms with Crippen LogP contribution in [0.4, 0.5) is 5.82 Å². The molecule has 3 aromatic rings. The van der Waals surface area contributed by atoms with Gasteiger partial charge in [0.15, 0.2) is 0 Å². The number of benzene rings is 1. The largest absolute Gasteiger partial charge is 0.364 e. The van der Waals surface area contributed by atoms with Crippen LogP contribution < -0.4 is 10.6 Å². The maximum Gasteiger partial charge on any atom is 0.220 e. The average Bonchev–Trinajstić information content (AvgIpc) is 2.99. The number of piperidine rings is 1. The summed E-state index contributed by atoms with van der Waals surface area (Å²) in [6, 6.07) is 10.1. The van der Waals surface area contributed by atoms with Gasteiger partial charge in [0, 0.05) is 16.3 Å². The van der Waals surface area contributed by atoms with Crippen LogP contribution in [0.3, 0.4) is 0 Å². The molecule has 4 rings (SSSR count). The molecule has 122 valence electrons. The summed E-state index contributed by atoms with van der Waals surface area (Å²) in [7, 11) is 0. The van der Waals surface area contributed by atoms with E-state index in [1.54, 1.807) is 17.7 Å². The first kappa shape index (κ1) is 15.5. The van der Waals surface area contributed by atoms with Gasteiger partial charge >= 0.3 is 0 Å². The van der Waals surface area contributed by atoms with Crippen LogP contribution in [0.1, 0.15) is 24.4 Å². The smallest absolute Gasteiger partial charge is 0.220 e. The molecule has 1 saturated heterocycles. The third-order valence-electron chi connectivity index (χ3n) is 4.21. The summed E-state index contributed by atoms with van der Waals surface area (Å²) in [4.78, 5) is 21.6. The van der Waals surface area contributed by atoms with Crippen LogP contribution in [0.15, 0.2) is 46.5 Å². The fourth-order valence-corrected chi connectivity index (χ4v) is 4.61. The van der Waals surface area contributed by atoms with Crippen LogP contribution >= 0.6 is 27.3 Å². The van der Waals surface area contributed by atoms with Crippen molar-refractivity contribution in [3.63, 3.8) is 0 Å². The van der Waals surface area contributed by atoms with Crippen molar-refractivity contribution in [2.45, 2.75) is 24.9 Å². The van der Waals surface area contributed by atoms with Gasteiger partial charge in [-0.1, -0.05) is 30.3 Å². The Morgan fingerprint density at radius 2 is 2.08 bits per heavy atom. The number of thiophene rings is 1. The second kappa shape index (κ2) is 6.49. The van der Waals surface area contributed by atoms with Gasteiger partial charge in [0.05, 0.1) is 17.5 Å². The van der Waals surface area contributed by atoms with E-state index >= 15 is 0 Å². The molecule has 0 unspecified atom stereocenters. The number of aromatic nitrogens is 2. The molecular formula is C17H15BrN4OS. The second-order valence-corrected chi connectivity index (χ2v) is 7.44. The quantitative estimate of drug-likeness (QED) is 0.697. The van der Waals surface area contributed by atoms with Crippen molar-refractivity contribution >= 4 is 49.2 Å². The molecule has 1 aromatic carbocycles. The molecule has 0 saturated carbocycles. The standard InChI is InChI=1S/C17H15BrN4OS/c18-11-8-24-17-14(11)16(19-9-20-17)21-12-6-7-13(23)22-15(12)10-4-2-1-3-5-10/h1-5,8-9,12,15H,6-7H2,(H,22,23)(H,19,20,21)/t12-,15+/m1/s1. The summed E-state index contributed by atoms with van der Waals surface area (Å²) < 4.78 is 0.988. The van der Waals surface area contributed by atoms with E-state index in [4.69, 9.17) is 0 Å². The summed E-state index contributed by atoms with van der Waals surface area (Å²) in [5, 5.41) is 9.64. The number of carbonyl (C=O) groups excluding carboxylic acids is 1. The Morgan fingerprint density at radius 1 is 1.25 bits per heavy atom. The van der Waals surface area contributed by atoms with E-state index in [9.17, 15) is 4.79 Å². The Bertz CT molecular complexity index is 883. The summed E-state index contributed by atoms with van der Waals surface area (Å²) in [5.41, 5.74) is 1.10. The lowest BCUT2D eigenvalue weighted by atomic mass is 9.92. The van der Waals surface area contributed by atoms with Crippen molar-refractivity contribution in [3.05, 3.63) is 52.1 Å². The van der Waals surface area contributed by atoms with E-state index in [2.05, 4.69) is 36.5 Å². The number of rotatable bonds is 3. The van der Waals surface area contributed by atoms with E-state index in [1.807, 2.05) is 35.7 Å². The molecule has 7 heteroatoms. The van der Waals surface area contributed by atoms with Gasteiger partial charge in [0.1, 0.15) is 17.0 Å². The minimum atomic E-state index is -0.0742. The molecular weight excluding hydrogens is 388 g/mol. The first-order chi connectivity index (χ1) is 11.7. The maximum atomic E-state index is 11.9. The Labute approximate surface area is 151 Å². The molecule has 2 atom stereocenters. The minimum Gasteiger partial charge on any atom is -0.364 e. The third kappa shape index (κ3) is 2.89. The summed E-state index contributed by atoms with van der Waals surface area (Å²) in [5.74, 6) is 0.890. The number of amides is 1. The fourth-order valence-electron chi connectivity index (χ4n) is 3.06. The van der Waals surface area contributed by atoms with Crippen molar-refractivity contribution in [2.24, 2.45) is 0 Å². The molecule has 1 fully saturated rings. The van der Waals surface area contributed by atoms with Crippen LogP contribution in [-0.2, 0) is 4.79 Å². The van der Waals surface area contributed by atoms with Gasteiger partial charge in [-0.15, -0.1) is 11.3 Å². The summed E-state index contributed by atoms with van der Waals surface area (Å²) in [6.07, 6.45) is 2.85. The molecule has 3 heterocycles. The lowest BCUT2D eigenvalue weighted by Crippen LogP contribution is -2.45. The van der Waals surface area contributed by atoms with Crippen LogP contribution in [-0.4, -0.2) is 21.9 Å². The number of carbonyl (C=O) groups is 1. The van der Waals surface area contributed by atoms with E-state index in [0.717, 1.165) is 32.5 Å². The molecule has 1 aliphatic rings. The lowest BCUT2D eigenvalue weighted by Gasteiger charge is -2.33. The molecule has 5 nitrogen and oxygen atoms in total. The van der Waals surface area contributed by atoms with E-state index in [0.29, 0.717) is 6.42 Å². The maximum absolute atomic E-state index is 11.9. The van der Waals surface area contributed by atoms with Crippen molar-refractivity contribution in [1.29, 1.82) is 0 Å². The van der Waals surface area contributed by atoms with Gasteiger partial charge in [-0.25, -0.2) is 9.97 Å². The predicted molar refractivity (Wildman–Crippen MR) is 99.1 cm³/mol. The summed E-state index contributed by atoms with van der Waals surface area (Å²) in [6.45, 7) is 0. The van der Waals surface area contributed by atoms with Gasteiger partial charge in [0.2, 0.25) is 5.91 Å². The first-order valence-corrected chi connectivity index (χ1v) is 9.38. The van der Waals surface area contributed by atoms with Gasteiger partial charge in [-0.2, -0.15) is 0 Å². The second-order valence-electron chi connectivity index (χ2n) is 5.73. The van der Waals surface area contributed by atoms with Crippen LogP contribution in [0.2, 0.25) is 0 Å². The van der Waals surface area contributed by atoms with Gasteiger partial charge in [0.25, 0.3) is 0 Å². The Morgan fingerprint density at radius 3 is 2.92 bits per heavy atom. The van der Waals surface area contributed by atoms with Crippen molar-refractivity contribution in [3.8, 4) is 0 Å². The van der Waals surface area contributed by atoms with Crippen LogP contribution in [0.5, 0.6) is 0 Å². The van der Waals surface area contributed by atoms with E-state index < -0.39 is 0 Å². The Balaban J connectivity index is 1.68. The molecule has 0 aliphatic carbocycles. The predicted octanol–water partition coefficient (Wildman–Crippen LogP) is 3.89. The normalized spacial score (nSPS) is 20.8. The van der Waals surface area contributed by atoms with Crippen molar-refractivity contribution in [2.75, 3.05) is 5.32 Å². The molecule has 2 aromatic heterocycles. The van der Waals surface area contributed by atoms with Crippen LogP contribution in [0.25, 0.3) is 10.2 Å². The average molecular weight is 403 g/mol. The highest BCUT2D eigenvalue weighted by Gasteiger charge is 2.30. The van der Waals surface area contributed by atoms with E-state index in [-0.39, 0.29) is 18.0 Å². The lowest BCUT2D eigenvalue weighted by molar-refractivity contribution is -0.123. The molecule has 0 radical (unpaired) electrons. The highest BCUT2D eigenvalue weighted by molar-refractivity contribution is 9.10. The Kier molecular flexibility index (Phi) is 4.20. The molecule has 2 N–H and O–H groups in total. The van der Waals surface area contributed by atoms with Crippen LogP contribution in [0, 0.1) is 0 Å². The van der Waals surface area contributed by atoms with E-state index in [1.165, 1.54) is 0 Å². The number of nitrogens with one attached hydrogen (secondary N) is 2. The molecule has 0 spiro atoms. The minimum absolute atomic E-state index is 0.0742. The third-order valence-corrected chi connectivity index (χ3v) is 6.02. The first-order valence-electron chi connectivity index (χ1n) is 7.71.